The molecule has 0 saturated carbocycles. The van der Waals surface area contributed by atoms with E-state index in [0.717, 1.165) is 22.2 Å². The summed E-state index contributed by atoms with van der Waals surface area (Å²) in [4.78, 5) is 12.1. The molecule has 3 rings (SSSR count). The molecule has 3 aromatic rings. The quantitative estimate of drug-likeness (QED) is 0.582. The van der Waals surface area contributed by atoms with Crippen LogP contribution in [0.25, 0.3) is 10.9 Å². The molecule has 1 aromatic heterocycles. The number of para-hydroxylation sites is 1. The molecular formula is C19H19N3O. The van der Waals surface area contributed by atoms with Gasteiger partial charge < -0.3 is 4.57 Å². The van der Waals surface area contributed by atoms with Crippen LogP contribution in [0.15, 0.2) is 65.9 Å². The Balaban J connectivity index is 1.67. The van der Waals surface area contributed by atoms with Crippen molar-refractivity contribution >= 4 is 22.5 Å². The maximum absolute atomic E-state index is 12.1. The van der Waals surface area contributed by atoms with Crippen LogP contribution in [-0.4, -0.2) is 16.2 Å². The molecular weight excluding hydrogens is 286 g/mol. The number of rotatable bonds is 4. The lowest BCUT2D eigenvalue weighted by Crippen LogP contribution is -2.23. The van der Waals surface area contributed by atoms with Crippen LogP contribution in [0.4, 0.5) is 0 Å². The summed E-state index contributed by atoms with van der Waals surface area (Å²) in [6, 6.07) is 18.1. The summed E-state index contributed by atoms with van der Waals surface area (Å²) in [6.45, 7) is 4.17. The van der Waals surface area contributed by atoms with Crippen molar-refractivity contribution in [2.75, 3.05) is 0 Å². The Morgan fingerprint density at radius 3 is 2.61 bits per heavy atom. The van der Waals surface area contributed by atoms with Crippen molar-refractivity contribution in [2.24, 2.45) is 5.10 Å². The van der Waals surface area contributed by atoms with Gasteiger partial charge in [-0.15, -0.1) is 0 Å². The van der Waals surface area contributed by atoms with Gasteiger partial charge in [0.25, 0.3) is 5.91 Å². The minimum Gasteiger partial charge on any atom is -0.338 e. The molecule has 0 atom stereocenters. The standard InChI is InChI=1S/C19H19N3O/c1-14-7-9-16(10-8-14)15(2)20-21-19(23)13-22-12-11-17-5-3-4-6-18(17)22/h3-12H,13H2,1-2H3,(H,21,23)/b20-15-. The molecule has 23 heavy (non-hydrogen) atoms. The van der Waals surface area contributed by atoms with E-state index in [-0.39, 0.29) is 12.5 Å². The first-order chi connectivity index (χ1) is 11.1. The van der Waals surface area contributed by atoms with E-state index in [1.54, 1.807) is 0 Å². The van der Waals surface area contributed by atoms with Gasteiger partial charge in [-0.05, 0) is 36.9 Å². The van der Waals surface area contributed by atoms with E-state index in [2.05, 4.69) is 10.5 Å². The fourth-order valence-electron chi connectivity index (χ4n) is 2.47. The lowest BCUT2D eigenvalue weighted by atomic mass is 10.1. The first-order valence-corrected chi connectivity index (χ1v) is 7.57. The first-order valence-electron chi connectivity index (χ1n) is 7.57. The number of hydrogen-bond acceptors (Lipinski definition) is 2. The van der Waals surface area contributed by atoms with Gasteiger partial charge in [-0.1, -0.05) is 48.0 Å². The van der Waals surface area contributed by atoms with Gasteiger partial charge in [0, 0.05) is 11.7 Å². The molecule has 116 valence electrons. The van der Waals surface area contributed by atoms with Gasteiger partial charge >= 0.3 is 0 Å². The fraction of sp³-hybridized carbons (Fsp3) is 0.158. The summed E-state index contributed by atoms with van der Waals surface area (Å²) in [5.74, 6) is -0.141. The van der Waals surface area contributed by atoms with E-state index in [9.17, 15) is 4.79 Å². The summed E-state index contributed by atoms with van der Waals surface area (Å²) in [7, 11) is 0. The Morgan fingerprint density at radius 2 is 1.83 bits per heavy atom. The van der Waals surface area contributed by atoms with Gasteiger partial charge in [0.05, 0.1) is 5.71 Å². The maximum Gasteiger partial charge on any atom is 0.259 e. The summed E-state index contributed by atoms with van der Waals surface area (Å²) in [6.07, 6.45) is 1.92. The maximum atomic E-state index is 12.1. The van der Waals surface area contributed by atoms with Gasteiger partial charge in [-0.3, -0.25) is 4.79 Å². The highest BCUT2D eigenvalue weighted by Gasteiger charge is 2.05. The number of hydrogen-bond donors (Lipinski definition) is 1. The number of fused-ring (bicyclic) bond motifs is 1. The summed E-state index contributed by atoms with van der Waals surface area (Å²) in [5.41, 5.74) is 6.66. The molecule has 0 saturated heterocycles. The van der Waals surface area contributed by atoms with Gasteiger partial charge in [0.2, 0.25) is 0 Å². The van der Waals surface area contributed by atoms with Crippen molar-refractivity contribution in [3.8, 4) is 0 Å². The number of carbonyl (C=O) groups excluding carboxylic acids is 1. The van der Waals surface area contributed by atoms with Crippen LogP contribution < -0.4 is 5.43 Å². The molecule has 0 bridgehead atoms. The van der Waals surface area contributed by atoms with E-state index in [4.69, 9.17) is 0 Å². The molecule has 0 unspecified atom stereocenters. The molecule has 4 heteroatoms. The zero-order chi connectivity index (χ0) is 16.2. The zero-order valence-corrected chi connectivity index (χ0v) is 13.3. The summed E-state index contributed by atoms with van der Waals surface area (Å²) >= 11 is 0. The Labute approximate surface area is 135 Å². The van der Waals surface area contributed by atoms with Crippen molar-refractivity contribution in [1.82, 2.24) is 9.99 Å². The molecule has 2 aromatic carbocycles. The third-order valence-corrected chi connectivity index (χ3v) is 3.81. The largest absolute Gasteiger partial charge is 0.338 e. The molecule has 0 aliphatic rings. The smallest absolute Gasteiger partial charge is 0.259 e. The molecule has 0 spiro atoms. The fourth-order valence-corrected chi connectivity index (χ4v) is 2.47. The molecule has 4 nitrogen and oxygen atoms in total. The minimum absolute atomic E-state index is 0.141. The Hall–Kier alpha value is -2.88. The summed E-state index contributed by atoms with van der Waals surface area (Å²) in [5, 5.41) is 5.31. The lowest BCUT2D eigenvalue weighted by Gasteiger charge is -2.06. The normalized spacial score (nSPS) is 11.7. The van der Waals surface area contributed by atoms with E-state index in [1.165, 1.54) is 5.56 Å². The molecule has 0 aliphatic heterocycles. The molecule has 0 radical (unpaired) electrons. The van der Waals surface area contributed by atoms with Crippen molar-refractivity contribution in [3.05, 3.63) is 71.9 Å². The van der Waals surface area contributed by atoms with Crippen LogP contribution in [0.1, 0.15) is 18.1 Å². The Morgan fingerprint density at radius 1 is 1.09 bits per heavy atom. The number of benzene rings is 2. The van der Waals surface area contributed by atoms with Crippen LogP contribution >= 0.6 is 0 Å². The van der Waals surface area contributed by atoms with Crippen LogP contribution in [0, 0.1) is 6.92 Å². The molecule has 1 N–H and O–H groups in total. The van der Waals surface area contributed by atoms with Gasteiger partial charge in [0.1, 0.15) is 6.54 Å². The predicted octanol–water partition coefficient (Wildman–Crippen LogP) is 3.49. The monoisotopic (exact) mass is 305 g/mol. The topological polar surface area (TPSA) is 46.4 Å². The van der Waals surface area contributed by atoms with Crippen molar-refractivity contribution in [1.29, 1.82) is 0 Å². The predicted molar refractivity (Wildman–Crippen MR) is 93.5 cm³/mol. The second kappa shape index (κ2) is 6.48. The number of carbonyl (C=O) groups is 1. The van der Waals surface area contributed by atoms with Gasteiger partial charge in [-0.2, -0.15) is 5.10 Å². The number of amides is 1. The van der Waals surface area contributed by atoms with Crippen molar-refractivity contribution in [3.63, 3.8) is 0 Å². The van der Waals surface area contributed by atoms with E-state index < -0.39 is 0 Å². The van der Waals surface area contributed by atoms with E-state index in [1.807, 2.05) is 79.2 Å². The number of nitrogens with zero attached hydrogens (tertiary/aromatic N) is 2. The van der Waals surface area contributed by atoms with Crippen LogP contribution in [0.2, 0.25) is 0 Å². The second-order valence-electron chi connectivity index (χ2n) is 5.60. The van der Waals surface area contributed by atoms with Crippen LogP contribution in [0.5, 0.6) is 0 Å². The summed E-state index contributed by atoms with van der Waals surface area (Å²) < 4.78 is 1.92. The highest BCUT2D eigenvalue weighted by atomic mass is 16.2. The average molecular weight is 305 g/mol. The molecule has 1 heterocycles. The van der Waals surface area contributed by atoms with Crippen molar-refractivity contribution < 1.29 is 4.79 Å². The van der Waals surface area contributed by atoms with Crippen LogP contribution in [-0.2, 0) is 11.3 Å². The first kappa shape index (κ1) is 15.0. The SMILES string of the molecule is C/C(=N/NC(=O)Cn1ccc2ccccc21)c1ccc(C)cc1. The molecule has 0 aliphatic carbocycles. The van der Waals surface area contributed by atoms with E-state index in [0.29, 0.717) is 0 Å². The number of aryl methyl sites for hydroxylation is 1. The van der Waals surface area contributed by atoms with E-state index >= 15 is 0 Å². The van der Waals surface area contributed by atoms with Gasteiger partial charge in [0.15, 0.2) is 0 Å². The third-order valence-electron chi connectivity index (χ3n) is 3.81. The average Bonchev–Trinajstić information content (AvgIpc) is 2.96. The lowest BCUT2D eigenvalue weighted by molar-refractivity contribution is -0.121. The molecule has 1 amide bonds. The number of nitrogens with one attached hydrogen (secondary N) is 1. The Bertz CT molecular complexity index is 860. The second-order valence-corrected chi connectivity index (χ2v) is 5.60. The third kappa shape index (κ3) is 3.48. The minimum atomic E-state index is -0.141. The zero-order valence-electron chi connectivity index (χ0n) is 13.3. The number of hydrazone groups is 1. The van der Waals surface area contributed by atoms with Crippen molar-refractivity contribution in [2.45, 2.75) is 20.4 Å². The highest BCUT2D eigenvalue weighted by molar-refractivity contribution is 5.99. The number of aromatic nitrogens is 1. The van der Waals surface area contributed by atoms with Gasteiger partial charge in [-0.25, -0.2) is 5.43 Å². The molecule has 0 fully saturated rings. The van der Waals surface area contributed by atoms with Crippen LogP contribution in [0.3, 0.4) is 0 Å². The highest BCUT2D eigenvalue weighted by Crippen LogP contribution is 2.14. The Kier molecular flexibility index (Phi) is 4.24.